The molecule has 3 nitrogen and oxygen atoms in total. The molecule has 0 amide bonds. The van der Waals surface area contributed by atoms with Crippen LogP contribution >= 0.6 is 0 Å². The highest BCUT2D eigenvalue weighted by molar-refractivity contribution is 5.38. The molecule has 1 aliphatic heterocycles. The van der Waals surface area contributed by atoms with Crippen LogP contribution in [0.5, 0.6) is 5.75 Å². The van der Waals surface area contributed by atoms with E-state index in [9.17, 15) is 5.11 Å². The Morgan fingerprint density at radius 2 is 1.81 bits per heavy atom. The number of benzene rings is 1. The predicted octanol–water partition coefficient (Wildman–Crippen LogP) is 3.66. The summed E-state index contributed by atoms with van der Waals surface area (Å²) in [6.45, 7) is 10.6. The van der Waals surface area contributed by atoms with Crippen LogP contribution in [0.2, 0.25) is 0 Å². The number of phenols is 1. The molecule has 0 spiro atoms. The quantitative estimate of drug-likeness (QED) is 0.856. The fourth-order valence-electron chi connectivity index (χ4n) is 4.22. The van der Waals surface area contributed by atoms with Gasteiger partial charge in [-0.05, 0) is 70.2 Å². The van der Waals surface area contributed by atoms with Crippen molar-refractivity contribution in [3.63, 3.8) is 0 Å². The van der Waals surface area contributed by atoms with Gasteiger partial charge in [-0.15, -0.1) is 0 Å². The van der Waals surface area contributed by atoms with E-state index in [0.717, 1.165) is 19.5 Å². The van der Waals surface area contributed by atoms with E-state index in [1.165, 1.54) is 24.0 Å². The SMILES string of the molecule is CC1(C)CN(C2CCCc3cc(O)ccc32)CC(C)(C)O1. The van der Waals surface area contributed by atoms with E-state index in [1.807, 2.05) is 12.1 Å². The maximum absolute atomic E-state index is 9.72. The smallest absolute Gasteiger partial charge is 0.115 e. The van der Waals surface area contributed by atoms with Crippen molar-refractivity contribution < 1.29 is 9.84 Å². The standard InChI is InChI=1S/C18H27NO2/c1-17(2)11-19(12-18(3,4)21-17)16-7-5-6-13-10-14(20)8-9-15(13)16/h8-10,16,20H,5-7,11-12H2,1-4H3. The van der Waals surface area contributed by atoms with E-state index in [2.05, 4.69) is 38.7 Å². The zero-order chi connectivity index (χ0) is 15.3. The minimum Gasteiger partial charge on any atom is -0.508 e. The highest BCUT2D eigenvalue weighted by Crippen LogP contribution is 2.40. The molecule has 0 aromatic heterocycles. The van der Waals surface area contributed by atoms with E-state index in [4.69, 9.17) is 4.74 Å². The molecular weight excluding hydrogens is 262 g/mol. The van der Waals surface area contributed by atoms with Crippen LogP contribution in [-0.4, -0.2) is 34.3 Å². The van der Waals surface area contributed by atoms with Crippen molar-refractivity contribution >= 4 is 0 Å². The van der Waals surface area contributed by atoms with Gasteiger partial charge in [0, 0.05) is 19.1 Å². The predicted molar refractivity (Wildman–Crippen MR) is 84.6 cm³/mol. The molecular formula is C18H27NO2. The van der Waals surface area contributed by atoms with Crippen LogP contribution in [-0.2, 0) is 11.2 Å². The van der Waals surface area contributed by atoms with Crippen molar-refractivity contribution in [1.82, 2.24) is 4.90 Å². The first-order valence-corrected chi connectivity index (χ1v) is 8.02. The Bertz CT molecular complexity index is 520. The number of fused-ring (bicyclic) bond motifs is 1. The summed E-state index contributed by atoms with van der Waals surface area (Å²) in [5.41, 5.74) is 2.48. The number of nitrogens with zero attached hydrogens (tertiary/aromatic N) is 1. The molecule has 3 rings (SSSR count). The average Bonchev–Trinajstić information content (AvgIpc) is 2.33. The highest BCUT2D eigenvalue weighted by Gasteiger charge is 2.41. The Labute approximate surface area is 127 Å². The van der Waals surface area contributed by atoms with Gasteiger partial charge in [0.15, 0.2) is 0 Å². The second kappa shape index (κ2) is 4.99. The Balaban J connectivity index is 1.91. The summed E-state index contributed by atoms with van der Waals surface area (Å²) in [4.78, 5) is 2.58. The maximum Gasteiger partial charge on any atom is 0.115 e. The second-order valence-corrected chi connectivity index (χ2v) is 7.82. The summed E-state index contributed by atoms with van der Waals surface area (Å²) in [6, 6.07) is 6.34. The van der Waals surface area contributed by atoms with Gasteiger partial charge in [-0.25, -0.2) is 0 Å². The van der Waals surface area contributed by atoms with Gasteiger partial charge >= 0.3 is 0 Å². The van der Waals surface area contributed by atoms with Gasteiger partial charge in [-0.2, -0.15) is 0 Å². The Morgan fingerprint density at radius 1 is 1.14 bits per heavy atom. The summed E-state index contributed by atoms with van der Waals surface area (Å²) < 4.78 is 6.21. The summed E-state index contributed by atoms with van der Waals surface area (Å²) in [5.74, 6) is 0.386. The topological polar surface area (TPSA) is 32.7 Å². The van der Waals surface area contributed by atoms with E-state index >= 15 is 0 Å². The van der Waals surface area contributed by atoms with Gasteiger partial charge in [-0.3, -0.25) is 4.90 Å². The lowest BCUT2D eigenvalue weighted by molar-refractivity contribution is -0.189. The molecule has 1 aromatic rings. The number of phenolic OH excluding ortho intramolecular Hbond substituents is 1. The lowest BCUT2D eigenvalue weighted by Gasteiger charge is -2.50. The first-order chi connectivity index (χ1) is 9.76. The van der Waals surface area contributed by atoms with Crippen LogP contribution in [0.1, 0.15) is 57.7 Å². The zero-order valence-corrected chi connectivity index (χ0v) is 13.6. The van der Waals surface area contributed by atoms with Crippen LogP contribution in [0.25, 0.3) is 0 Å². The average molecular weight is 289 g/mol. The van der Waals surface area contributed by atoms with Crippen LogP contribution < -0.4 is 0 Å². The van der Waals surface area contributed by atoms with Crippen molar-refractivity contribution in [2.24, 2.45) is 0 Å². The lowest BCUT2D eigenvalue weighted by Crippen LogP contribution is -2.58. The molecule has 0 bridgehead atoms. The minimum atomic E-state index is -0.115. The van der Waals surface area contributed by atoms with E-state index in [0.29, 0.717) is 11.8 Å². The van der Waals surface area contributed by atoms with Gasteiger partial charge in [0.1, 0.15) is 5.75 Å². The molecule has 1 unspecified atom stereocenters. The lowest BCUT2D eigenvalue weighted by atomic mass is 9.84. The molecule has 1 N–H and O–H groups in total. The van der Waals surface area contributed by atoms with Crippen molar-refractivity contribution in [2.45, 2.75) is 64.2 Å². The fourth-order valence-corrected chi connectivity index (χ4v) is 4.22. The molecule has 21 heavy (non-hydrogen) atoms. The fraction of sp³-hybridized carbons (Fsp3) is 0.667. The first kappa shape index (κ1) is 14.9. The summed E-state index contributed by atoms with van der Waals surface area (Å²) in [7, 11) is 0. The van der Waals surface area contributed by atoms with Gasteiger partial charge in [0.25, 0.3) is 0 Å². The van der Waals surface area contributed by atoms with Gasteiger partial charge < -0.3 is 9.84 Å². The molecule has 2 aliphatic rings. The maximum atomic E-state index is 9.72. The molecule has 1 atom stereocenters. The normalized spacial score (nSPS) is 28.1. The van der Waals surface area contributed by atoms with Crippen LogP contribution in [0.4, 0.5) is 0 Å². The first-order valence-electron chi connectivity index (χ1n) is 8.02. The van der Waals surface area contributed by atoms with E-state index < -0.39 is 0 Å². The van der Waals surface area contributed by atoms with Crippen LogP contribution in [0.15, 0.2) is 18.2 Å². The summed E-state index contributed by atoms with van der Waals surface area (Å²) in [6.07, 6.45) is 3.47. The van der Waals surface area contributed by atoms with E-state index in [1.54, 1.807) is 0 Å². The second-order valence-electron chi connectivity index (χ2n) is 7.82. The van der Waals surface area contributed by atoms with Crippen molar-refractivity contribution in [3.05, 3.63) is 29.3 Å². The number of aromatic hydroxyl groups is 1. The molecule has 1 aliphatic carbocycles. The Kier molecular flexibility index (Phi) is 3.53. The molecule has 1 heterocycles. The largest absolute Gasteiger partial charge is 0.508 e. The third kappa shape index (κ3) is 3.09. The highest BCUT2D eigenvalue weighted by atomic mass is 16.5. The van der Waals surface area contributed by atoms with Crippen LogP contribution in [0, 0.1) is 0 Å². The van der Waals surface area contributed by atoms with Crippen molar-refractivity contribution in [2.75, 3.05) is 13.1 Å². The van der Waals surface area contributed by atoms with Gasteiger partial charge in [0.2, 0.25) is 0 Å². The van der Waals surface area contributed by atoms with Gasteiger partial charge in [-0.1, -0.05) is 6.07 Å². The van der Waals surface area contributed by atoms with Gasteiger partial charge in [0.05, 0.1) is 11.2 Å². The number of hydrogen-bond acceptors (Lipinski definition) is 3. The Morgan fingerprint density at radius 3 is 2.48 bits per heavy atom. The monoisotopic (exact) mass is 289 g/mol. The van der Waals surface area contributed by atoms with Crippen LogP contribution in [0.3, 0.4) is 0 Å². The summed E-state index contributed by atoms with van der Waals surface area (Å²) in [5, 5.41) is 9.72. The molecule has 1 aromatic carbocycles. The third-order valence-corrected chi connectivity index (χ3v) is 4.57. The van der Waals surface area contributed by atoms with Crippen molar-refractivity contribution in [3.8, 4) is 5.75 Å². The van der Waals surface area contributed by atoms with Crippen molar-refractivity contribution in [1.29, 1.82) is 0 Å². The third-order valence-electron chi connectivity index (χ3n) is 4.57. The molecule has 1 saturated heterocycles. The zero-order valence-electron chi connectivity index (χ0n) is 13.6. The Hall–Kier alpha value is -1.06. The number of rotatable bonds is 1. The molecule has 116 valence electrons. The minimum absolute atomic E-state index is 0.115. The molecule has 1 fully saturated rings. The molecule has 0 radical (unpaired) electrons. The molecule has 3 heteroatoms. The van der Waals surface area contributed by atoms with E-state index in [-0.39, 0.29) is 11.2 Å². The number of morpholine rings is 1. The molecule has 0 saturated carbocycles. The number of aryl methyl sites for hydroxylation is 1. The summed E-state index contributed by atoms with van der Waals surface area (Å²) >= 11 is 0. The number of ether oxygens (including phenoxy) is 1. The number of hydrogen-bond donors (Lipinski definition) is 1.